The van der Waals surface area contributed by atoms with E-state index in [-0.39, 0.29) is 5.56 Å². The average molecular weight is 255 g/mol. The standard InChI is InChI=1S/C14H13N3O2/c1-10-2-4-11(5-3-10)8-16-17-13-7-6-12(9-15-13)14(18)19/h2-9H,1H3,(H,15,17)(H,18,19). The molecule has 0 aliphatic rings. The highest BCUT2D eigenvalue weighted by Gasteiger charge is 2.01. The molecule has 0 atom stereocenters. The van der Waals surface area contributed by atoms with Crippen molar-refractivity contribution in [3.8, 4) is 0 Å². The zero-order chi connectivity index (χ0) is 13.7. The van der Waals surface area contributed by atoms with Crippen LogP contribution in [0, 0.1) is 6.92 Å². The fourth-order valence-electron chi connectivity index (χ4n) is 1.41. The van der Waals surface area contributed by atoms with Crippen molar-refractivity contribution in [2.45, 2.75) is 6.92 Å². The first-order valence-corrected chi connectivity index (χ1v) is 5.70. The Morgan fingerprint density at radius 2 is 2.00 bits per heavy atom. The smallest absolute Gasteiger partial charge is 0.337 e. The quantitative estimate of drug-likeness (QED) is 0.650. The Hall–Kier alpha value is -2.69. The van der Waals surface area contributed by atoms with Crippen LogP contribution in [0.4, 0.5) is 5.82 Å². The molecule has 96 valence electrons. The lowest BCUT2D eigenvalue weighted by Crippen LogP contribution is -1.99. The monoisotopic (exact) mass is 255 g/mol. The second-order valence-electron chi connectivity index (χ2n) is 4.02. The van der Waals surface area contributed by atoms with Crippen LogP contribution in [0.3, 0.4) is 0 Å². The van der Waals surface area contributed by atoms with Crippen LogP contribution < -0.4 is 5.43 Å². The van der Waals surface area contributed by atoms with Crippen molar-refractivity contribution in [3.05, 3.63) is 59.3 Å². The summed E-state index contributed by atoms with van der Waals surface area (Å²) in [5.41, 5.74) is 5.05. The number of aryl methyl sites for hydroxylation is 1. The third kappa shape index (κ3) is 3.64. The number of nitrogens with one attached hydrogen (secondary N) is 1. The number of carboxylic acid groups (broad SMARTS) is 1. The van der Waals surface area contributed by atoms with E-state index in [1.54, 1.807) is 12.3 Å². The first-order valence-electron chi connectivity index (χ1n) is 5.70. The molecule has 5 nitrogen and oxygen atoms in total. The van der Waals surface area contributed by atoms with E-state index in [1.165, 1.54) is 17.8 Å². The molecule has 0 radical (unpaired) electrons. The number of carboxylic acids is 1. The van der Waals surface area contributed by atoms with E-state index in [9.17, 15) is 4.79 Å². The number of carbonyl (C=O) groups is 1. The lowest BCUT2D eigenvalue weighted by atomic mass is 10.2. The number of benzene rings is 1. The molecule has 19 heavy (non-hydrogen) atoms. The maximum Gasteiger partial charge on any atom is 0.337 e. The predicted molar refractivity (Wildman–Crippen MR) is 73.6 cm³/mol. The van der Waals surface area contributed by atoms with E-state index in [0.29, 0.717) is 5.82 Å². The Kier molecular flexibility index (Phi) is 3.87. The Morgan fingerprint density at radius 3 is 2.58 bits per heavy atom. The van der Waals surface area contributed by atoms with Crippen LogP contribution in [0.1, 0.15) is 21.5 Å². The Morgan fingerprint density at radius 1 is 1.26 bits per heavy atom. The summed E-state index contributed by atoms with van der Waals surface area (Å²) in [4.78, 5) is 14.6. The molecule has 2 aromatic rings. The van der Waals surface area contributed by atoms with Crippen molar-refractivity contribution < 1.29 is 9.90 Å². The molecule has 2 rings (SSSR count). The van der Waals surface area contributed by atoms with Crippen LogP contribution in [-0.4, -0.2) is 22.3 Å². The van der Waals surface area contributed by atoms with Gasteiger partial charge in [0.1, 0.15) is 5.82 Å². The fraction of sp³-hybridized carbons (Fsp3) is 0.0714. The molecule has 0 amide bonds. The van der Waals surface area contributed by atoms with Crippen LogP contribution >= 0.6 is 0 Å². The van der Waals surface area contributed by atoms with Gasteiger partial charge in [-0.2, -0.15) is 5.10 Å². The summed E-state index contributed by atoms with van der Waals surface area (Å²) >= 11 is 0. The average Bonchev–Trinajstić information content (AvgIpc) is 2.41. The number of aromatic nitrogens is 1. The van der Waals surface area contributed by atoms with Crippen molar-refractivity contribution in [1.29, 1.82) is 0 Å². The fourth-order valence-corrected chi connectivity index (χ4v) is 1.41. The number of rotatable bonds is 4. The Labute approximate surface area is 110 Å². The molecule has 2 N–H and O–H groups in total. The molecule has 1 aromatic heterocycles. The highest BCUT2D eigenvalue weighted by molar-refractivity contribution is 5.87. The number of hydrazone groups is 1. The maximum atomic E-state index is 10.6. The molecule has 0 bridgehead atoms. The van der Waals surface area contributed by atoms with Crippen molar-refractivity contribution in [2.75, 3.05) is 5.43 Å². The molecular formula is C14H13N3O2. The summed E-state index contributed by atoms with van der Waals surface area (Å²) < 4.78 is 0. The normalized spacial score (nSPS) is 10.6. The topological polar surface area (TPSA) is 74.6 Å². The summed E-state index contributed by atoms with van der Waals surface area (Å²) in [6.07, 6.45) is 2.96. The van der Waals surface area contributed by atoms with E-state index in [1.807, 2.05) is 31.2 Å². The summed E-state index contributed by atoms with van der Waals surface area (Å²) in [7, 11) is 0. The molecule has 0 aliphatic carbocycles. The number of hydrogen-bond donors (Lipinski definition) is 2. The van der Waals surface area contributed by atoms with Crippen molar-refractivity contribution >= 4 is 18.0 Å². The molecular weight excluding hydrogens is 242 g/mol. The lowest BCUT2D eigenvalue weighted by Gasteiger charge is -1.99. The van der Waals surface area contributed by atoms with Gasteiger partial charge in [-0.05, 0) is 24.6 Å². The van der Waals surface area contributed by atoms with Gasteiger partial charge < -0.3 is 5.11 Å². The summed E-state index contributed by atoms with van der Waals surface area (Å²) in [5, 5.41) is 12.8. The maximum absolute atomic E-state index is 10.6. The van der Waals surface area contributed by atoms with Crippen LogP contribution in [0.2, 0.25) is 0 Å². The number of aromatic carboxylic acids is 1. The molecule has 1 heterocycles. The predicted octanol–water partition coefficient (Wildman–Crippen LogP) is 2.53. The first-order chi connectivity index (χ1) is 9.15. The largest absolute Gasteiger partial charge is 0.478 e. The van der Waals surface area contributed by atoms with Gasteiger partial charge >= 0.3 is 5.97 Å². The Balaban J connectivity index is 1.98. The SMILES string of the molecule is Cc1ccc(C=NNc2ccc(C(=O)O)cn2)cc1. The minimum absolute atomic E-state index is 0.146. The molecule has 5 heteroatoms. The zero-order valence-electron chi connectivity index (χ0n) is 10.4. The minimum Gasteiger partial charge on any atom is -0.478 e. The number of hydrogen-bond acceptors (Lipinski definition) is 4. The van der Waals surface area contributed by atoms with Gasteiger partial charge in [0.15, 0.2) is 0 Å². The summed E-state index contributed by atoms with van der Waals surface area (Å²) in [6.45, 7) is 2.02. The third-order valence-corrected chi connectivity index (χ3v) is 2.48. The van der Waals surface area contributed by atoms with Gasteiger partial charge in [-0.25, -0.2) is 9.78 Å². The van der Waals surface area contributed by atoms with Crippen LogP contribution in [0.5, 0.6) is 0 Å². The molecule has 0 fully saturated rings. The molecule has 0 saturated heterocycles. The second kappa shape index (κ2) is 5.77. The van der Waals surface area contributed by atoms with Crippen molar-refractivity contribution in [1.82, 2.24) is 4.98 Å². The van der Waals surface area contributed by atoms with Crippen LogP contribution in [0.15, 0.2) is 47.7 Å². The highest BCUT2D eigenvalue weighted by atomic mass is 16.4. The summed E-state index contributed by atoms with van der Waals surface area (Å²) in [5.74, 6) is -0.504. The van der Waals surface area contributed by atoms with Gasteiger partial charge in [-0.1, -0.05) is 29.8 Å². The van der Waals surface area contributed by atoms with Crippen LogP contribution in [-0.2, 0) is 0 Å². The Bertz CT molecular complexity index is 589. The highest BCUT2D eigenvalue weighted by Crippen LogP contribution is 2.05. The van der Waals surface area contributed by atoms with Gasteiger partial charge in [0, 0.05) is 6.20 Å². The number of anilines is 1. The molecule has 0 unspecified atom stereocenters. The number of nitrogens with zero attached hydrogens (tertiary/aromatic N) is 2. The molecule has 0 saturated carbocycles. The van der Waals surface area contributed by atoms with Crippen molar-refractivity contribution in [2.24, 2.45) is 5.10 Å². The van der Waals surface area contributed by atoms with E-state index in [4.69, 9.17) is 5.11 Å². The van der Waals surface area contributed by atoms with Gasteiger partial charge in [0.25, 0.3) is 0 Å². The zero-order valence-corrected chi connectivity index (χ0v) is 10.4. The van der Waals surface area contributed by atoms with E-state index in [2.05, 4.69) is 15.5 Å². The van der Waals surface area contributed by atoms with E-state index < -0.39 is 5.97 Å². The van der Waals surface area contributed by atoms with Crippen molar-refractivity contribution in [3.63, 3.8) is 0 Å². The second-order valence-corrected chi connectivity index (χ2v) is 4.02. The van der Waals surface area contributed by atoms with Gasteiger partial charge in [0.05, 0.1) is 11.8 Å². The first kappa shape index (κ1) is 12.8. The molecule has 0 spiro atoms. The lowest BCUT2D eigenvalue weighted by molar-refractivity contribution is 0.0696. The van der Waals surface area contributed by atoms with Crippen LogP contribution in [0.25, 0.3) is 0 Å². The minimum atomic E-state index is -0.998. The molecule has 1 aromatic carbocycles. The van der Waals surface area contributed by atoms with E-state index >= 15 is 0 Å². The van der Waals surface area contributed by atoms with Gasteiger partial charge in [0.2, 0.25) is 0 Å². The third-order valence-electron chi connectivity index (χ3n) is 2.48. The molecule has 0 aliphatic heterocycles. The number of pyridine rings is 1. The van der Waals surface area contributed by atoms with Gasteiger partial charge in [-0.3, -0.25) is 5.43 Å². The summed E-state index contributed by atoms with van der Waals surface area (Å²) in [6, 6.07) is 11.0. The van der Waals surface area contributed by atoms with Gasteiger partial charge in [-0.15, -0.1) is 0 Å². The van der Waals surface area contributed by atoms with E-state index in [0.717, 1.165) is 5.56 Å².